The van der Waals surface area contributed by atoms with E-state index in [1.54, 1.807) is 24.1 Å². The number of aliphatic imine (C=N–C) groups is 2. The number of anilines is 1. The lowest BCUT2D eigenvalue weighted by atomic mass is 10.1. The maximum Gasteiger partial charge on any atom is 0.270 e. The number of amides is 3. The second-order valence-electron chi connectivity index (χ2n) is 9.90. The summed E-state index contributed by atoms with van der Waals surface area (Å²) in [5, 5.41) is 5.92. The Morgan fingerprint density at radius 1 is 1.00 bits per heavy atom. The first kappa shape index (κ1) is 29.1. The zero-order chi connectivity index (χ0) is 29.5. The molecule has 0 spiro atoms. The molecule has 3 amide bonds. The molecule has 0 fully saturated rings. The van der Waals surface area contributed by atoms with Gasteiger partial charge in [0.05, 0.1) is 23.7 Å². The number of hydrogen-bond acceptors (Lipinski definition) is 7. The van der Waals surface area contributed by atoms with Gasteiger partial charge in [0.15, 0.2) is 5.17 Å². The molecule has 2 heterocycles. The molecule has 0 radical (unpaired) electrons. The molecular formula is C32H33N5O4S. The Hall–Kier alpha value is -4.44. The summed E-state index contributed by atoms with van der Waals surface area (Å²) in [5.41, 5.74) is 3.15. The van der Waals surface area contributed by atoms with E-state index in [0.29, 0.717) is 41.1 Å². The predicted octanol–water partition coefficient (Wildman–Crippen LogP) is 4.94. The monoisotopic (exact) mass is 583 g/mol. The van der Waals surface area contributed by atoms with Crippen molar-refractivity contribution >= 4 is 51.9 Å². The zero-order valence-electron chi connectivity index (χ0n) is 23.6. The average molecular weight is 584 g/mol. The molecule has 0 aliphatic carbocycles. The topological polar surface area (TPSA) is 112 Å². The van der Waals surface area contributed by atoms with E-state index in [1.165, 1.54) is 11.8 Å². The fraction of sp³-hybridized carbons (Fsp3) is 0.281. The van der Waals surface area contributed by atoms with Crippen molar-refractivity contribution in [3.05, 3.63) is 90.0 Å². The van der Waals surface area contributed by atoms with Gasteiger partial charge >= 0.3 is 0 Å². The predicted molar refractivity (Wildman–Crippen MR) is 166 cm³/mol. The van der Waals surface area contributed by atoms with Crippen LogP contribution in [0.1, 0.15) is 37.3 Å². The maximum absolute atomic E-state index is 13.4. The second-order valence-corrected chi connectivity index (χ2v) is 11.1. The van der Waals surface area contributed by atoms with Crippen molar-refractivity contribution in [1.82, 2.24) is 10.2 Å². The number of fused-ring (bicyclic) bond motifs is 3. The van der Waals surface area contributed by atoms with E-state index in [4.69, 9.17) is 9.73 Å². The van der Waals surface area contributed by atoms with E-state index < -0.39 is 11.3 Å². The number of rotatable bonds is 11. The summed E-state index contributed by atoms with van der Waals surface area (Å²) in [6, 6.07) is 24.0. The largest absolute Gasteiger partial charge is 0.495 e. The molecule has 2 N–H and O–H groups in total. The molecule has 3 aromatic carbocycles. The van der Waals surface area contributed by atoms with Crippen molar-refractivity contribution in [2.75, 3.05) is 19.0 Å². The van der Waals surface area contributed by atoms with E-state index in [0.717, 1.165) is 17.5 Å². The minimum absolute atomic E-state index is 0.127. The summed E-state index contributed by atoms with van der Waals surface area (Å²) in [4.78, 5) is 50.3. The van der Waals surface area contributed by atoms with Crippen LogP contribution in [0.4, 0.5) is 11.4 Å². The van der Waals surface area contributed by atoms with E-state index in [-0.39, 0.29) is 30.6 Å². The number of hydrogen-bond donors (Lipinski definition) is 2. The van der Waals surface area contributed by atoms with Crippen LogP contribution in [0.2, 0.25) is 0 Å². The maximum atomic E-state index is 13.4. The van der Waals surface area contributed by atoms with Gasteiger partial charge < -0.3 is 15.4 Å². The van der Waals surface area contributed by atoms with Crippen LogP contribution in [0, 0.1) is 0 Å². The van der Waals surface area contributed by atoms with Gasteiger partial charge in [0, 0.05) is 18.5 Å². The van der Waals surface area contributed by atoms with Crippen molar-refractivity contribution < 1.29 is 19.1 Å². The van der Waals surface area contributed by atoms with Crippen LogP contribution in [0.5, 0.6) is 5.75 Å². The van der Waals surface area contributed by atoms with Gasteiger partial charge in [0.2, 0.25) is 11.8 Å². The number of benzene rings is 3. The quantitative estimate of drug-likeness (QED) is 0.331. The van der Waals surface area contributed by atoms with Gasteiger partial charge in [-0.25, -0.2) is 4.99 Å². The number of ether oxygens (including phenoxy) is 1. The van der Waals surface area contributed by atoms with Crippen LogP contribution in [-0.4, -0.2) is 58.6 Å². The summed E-state index contributed by atoms with van der Waals surface area (Å²) in [5.74, 6) is 0.419. The molecule has 3 aromatic rings. The molecule has 0 saturated heterocycles. The Labute approximate surface area is 249 Å². The minimum Gasteiger partial charge on any atom is -0.495 e. The van der Waals surface area contributed by atoms with Gasteiger partial charge in [-0.1, -0.05) is 73.3 Å². The number of carbonyl (C=O) groups excluding carboxylic acids is 3. The zero-order valence-corrected chi connectivity index (χ0v) is 24.4. The summed E-state index contributed by atoms with van der Waals surface area (Å²) in [6.45, 7) is 2.44. The Morgan fingerprint density at radius 2 is 1.74 bits per heavy atom. The van der Waals surface area contributed by atoms with Crippen LogP contribution >= 0.6 is 11.8 Å². The van der Waals surface area contributed by atoms with Crippen molar-refractivity contribution in [3.63, 3.8) is 0 Å². The fourth-order valence-corrected chi connectivity index (χ4v) is 5.98. The number of carbonyl (C=O) groups is 3. The van der Waals surface area contributed by atoms with Crippen molar-refractivity contribution in [3.8, 4) is 5.75 Å². The SMILES string of the molecule is CCC(SC1=Nc2ccccc2C2=NC(=O)C(CCC(=O)NCCc3ccccc3)N12)C(=O)Nc1ccccc1OC. The van der Waals surface area contributed by atoms with Crippen LogP contribution in [0.25, 0.3) is 0 Å². The lowest BCUT2D eigenvalue weighted by molar-refractivity contribution is -0.122. The molecule has 0 aromatic heterocycles. The third kappa shape index (κ3) is 6.54. The Kier molecular flexibility index (Phi) is 9.33. The van der Waals surface area contributed by atoms with E-state index in [9.17, 15) is 14.4 Å². The van der Waals surface area contributed by atoms with Crippen LogP contribution in [0.3, 0.4) is 0 Å². The Balaban J connectivity index is 1.30. The molecule has 216 valence electrons. The first-order valence-electron chi connectivity index (χ1n) is 14.0. The summed E-state index contributed by atoms with van der Waals surface area (Å²) in [6.07, 6.45) is 1.69. The number of thioether (sulfide) groups is 1. The van der Waals surface area contributed by atoms with Crippen LogP contribution in [0.15, 0.2) is 88.8 Å². The van der Waals surface area contributed by atoms with Gasteiger partial charge in [0.1, 0.15) is 17.6 Å². The second kappa shape index (κ2) is 13.5. The number of nitrogens with one attached hydrogen (secondary N) is 2. The fourth-order valence-electron chi connectivity index (χ4n) is 4.92. The van der Waals surface area contributed by atoms with Crippen LogP contribution in [-0.2, 0) is 20.8 Å². The molecular weight excluding hydrogens is 550 g/mol. The first-order valence-corrected chi connectivity index (χ1v) is 14.9. The van der Waals surface area contributed by atoms with Crippen molar-refractivity contribution in [2.45, 2.75) is 43.9 Å². The van der Waals surface area contributed by atoms with Gasteiger partial charge in [-0.05, 0) is 49.1 Å². The average Bonchev–Trinajstić information content (AvgIpc) is 3.35. The highest BCUT2D eigenvalue weighted by Gasteiger charge is 2.42. The summed E-state index contributed by atoms with van der Waals surface area (Å²) < 4.78 is 5.39. The number of amidine groups is 2. The van der Waals surface area contributed by atoms with Crippen LogP contribution < -0.4 is 15.4 Å². The molecule has 5 rings (SSSR count). The molecule has 10 heteroatoms. The standard InChI is InChI=1S/C32H33N5O4S/c1-3-27(31(40)34-24-15-9-10-16-26(24)41-2)42-32-35-23-14-8-7-13-22(23)29-36-30(39)25(37(29)32)17-18-28(38)33-20-19-21-11-5-4-6-12-21/h4-16,25,27H,3,17-20H2,1-2H3,(H,33,38)(H,34,40). The van der Waals surface area contributed by atoms with Gasteiger partial charge in [-0.3, -0.25) is 19.3 Å². The smallest absolute Gasteiger partial charge is 0.270 e. The highest BCUT2D eigenvalue weighted by molar-refractivity contribution is 8.15. The summed E-state index contributed by atoms with van der Waals surface area (Å²) >= 11 is 1.29. The molecule has 2 aliphatic rings. The van der Waals surface area contributed by atoms with Gasteiger partial charge in [-0.15, -0.1) is 0 Å². The third-order valence-corrected chi connectivity index (χ3v) is 8.44. The van der Waals surface area contributed by atoms with E-state index in [2.05, 4.69) is 15.6 Å². The minimum atomic E-state index is -0.686. The third-order valence-electron chi connectivity index (χ3n) is 7.11. The van der Waals surface area contributed by atoms with E-state index >= 15 is 0 Å². The molecule has 0 saturated carbocycles. The molecule has 2 unspecified atom stereocenters. The van der Waals surface area contributed by atoms with E-state index in [1.807, 2.05) is 73.7 Å². The number of nitrogens with zero attached hydrogens (tertiary/aromatic N) is 3. The lowest BCUT2D eigenvalue weighted by Crippen LogP contribution is -2.45. The Bertz CT molecular complexity index is 1520. The number of para-hydroxylation sites is 3. The lowest BCUT2D eigenvalue weighted by Gasteiger charge is -2.32. The molecule has 0 bridgehead atoms. The highest BCUT2D eigenvalue weighted by Crippen LogP contribution is 2.37. The van der Waals surface area contributed by atoms with Crippen molar-refractivity contribution in [1.29, 1.82) is 0 Å². The molecule has 42 heavy (non-hydrogen) atoms. The van der Waals surface area contributed by atoms with Gasteiger partial charge in [0.25, 0.3) is 5.91 Å². The molecule has 9 nitrogen and oxygen atoms in total. The normalized spacial score (nSPS) is 16.1. The first-order chi connectivity index (χ1) is 20.5. The number of methoxy groups -OCH3 is 1. The van der Waals surface area contributed by atoms with Gasteiger partial charge in [-0.2, -0.15) is 4.99 Å². The summed E-state index contributed by atoms with van der Waals surface area (Å²) in [7, 11) is 1.56. The molecule has 2 aliphatic heterocycles. The van der Waals surface area contributed by atoms with Crippen molar-refractivity contribution in [2.24, 2.45) is 9.98 Å². The Morgan fingerprint density at radius 3 is 2.52 bits per heavy atom. The highest BCUT2D eigenvalue weighted by atomic mass is 32.2. The molecule has 2 atom stereocenters.